The maximum Gasteiger partial charge on any atom is 0.333 e. The van der Waals surface area contributed by atoms with Crippen LogP contribution in [0.25, 0.3) is 0 Å². The summed E-state index contributed by atoms with van der Waals surface area (Å²) in [7, 11) is 5.37. The molecular formula is C54H68N8O10S. The summed E-state index contributed by atoms with van der Waals surface area (Å²) in [5.74, 6) is -7.19. The van der Waals surface area contributed by atoms with Gasteiger partial charge in [-0.05, 0) is 93.4 Å². The van der Waals surface area contributed by atoms with Gasteiger partial charge in [-0.1, -0.05) is 55.8 Å². The lowest BCUT2D eigenvalue weighted by molar-refractivity contribution is -0.157. The van der Waals surface area contributed by atoms with Gasteiger partial charge in [0.05, 0.1) is 6.04 Å². The third kappa shape index (κ3) is 11.9. The molecule has 1 aliphatic carbocycles. The maximum absolute atomic E-state index is 15.7. The van der Waals surface area contributed by atoms with Crippen LogP contribution in [0.5, 0.6) is 5.75 Å². The average Bonchev–Trinajstić information content (AvgIpc) is 3.89. The van der Waals surface area contributed by atoms with Crippen LogP contribution in [0, 0.1) is 23.7 Å². The number of benzene rings is 2. The molecule has 73 heavy (non-hydrogen) atoms. The number of Topliss-reactive ketones (excluding diaryl/α,β-unsaturated/α-hetero) is 2. The van der Waals surface area contributed by atoms with Gasteiger partial charge in [0.1, 0.15) is 35.8 Å². The Hall–Kier alpha value is -6.34. The fraction of sp³-hybridized carbons (Fsp3) is 0.537. The van der Waals surface area contributed by atoms with E-state index in [0.717, 1.165) is 43.7 Å². The number of hydrogen-bond acceptors (Lipinski definition) is 14. The van der Waals surface area contributed by atoms with Crippen molar-refractivity contribution < 1.29 is 48.2 Å². The molecule has 18 nitrogen and oxygen atoms in total. The number of pyridine rings is 1. The van der Waals surface area contributed by atoms with E-state index in [1.165, 1.54) is 35.1 Å². The predicted octanol–water partition coefficient (Wildman–Crippen LogP) is 3.32. The van der Waals surface area contributed by atoms with Gasteiger partial charge < -0.3 is 45.4 Å². The Morgan fingerprint density at radius 1 is 0.877 bits per heavy atom. The fourth-order valence-corrected chi connectivity index (χ4v) is 12.8. The van der Waals surface area contributed by atoms with Gasteiger partial charge in [0.25, 0.3) is 5.91 Å². The predicted molar refractivity (Wildman–Crippen MR) is 273 cm³/mol. The molecule has 2 aromatic carbocycles. The van der Waals surface area contributed by atoms with Crippen LogP contribution in [-0.4, -0.2) is 160 Å². The number of nitrogens with one attached hydrogen (secondary N) is 3. The minimum absolute atomic E-state index is 0.0474. The standard InChI is InChI=1S/C54H68N8O10S/c1-6-39-48(65)37-14-10-15-38(37)52(69)60(5)41(26-32-17-19-36(20-18-32)59(3)4)53(70)62-28-35(30-73-44-29-61-24-21-33(44)22-25-61)43(64)27-40(62)49(66)58-46(34-12-8-7-9-13-34)54(71)72-31(2)45(50(67)56-39)57-51(68)47-42(63)16-11-23-55-47/h7-9,11-13,16-20,23,31,33,35,37-41,44-46,63H,6,10,14-15,21-22,24-30H2,1-5H3,(H,56,67)(H,57,68)(H,58,66)/t31-,35?,37?,38-,39-,40?,41+,44-,45+,46+/m1/s1. The summed E-state index contributed by atoms with van der Waals surface area (Å²) < 4.78 is 5.98. The Morgan fingerprint density at radius 3 is 2.25 bits per heavy atom. The van der Waals surface area contributed by atoms with Gasteiger partial charge >= 0.3 is 5.97 Å². The minimum Gasteiger partial charge on any atom is -0.505 e. The van der Waals surface area contributed by atoms with Crippen LogP contribution in [0.2, 0.25) is 0 Å². The third-order valence-electron chi connectivity index (χ3n) is 15.6. The number of piperidine rings is 4. The summed E-state index contributed by atoms with van der Waals surface area (Å²) in [6, 6.07) is 11.5. The summed E-state index contributed by atoms with van der Waals surface area (Å²) >= 11 is 1.74. The van der Waals surface area contributed by atoms with Gasteiger partial charge in [-0.3, -0.25) is 33.6 Å². The number of ether oxygens (including phenoxy) is 1. The van der Waals surface area contributed by atoms with E-state index in [9.17, 15) is 29.1 Å². The van der Waals surface area contributed by atoms with Crippen LogP contribution in [0.4, 0.5) is 5.69 Å². The molecule has 3 unspecified atom stereocenters. The van der Waals surface area contributed by atoms with Crippen LogP contribution in [0.3, 0.4) is 0 Å². The van der Waals surface area contributed by atoms with Crippen molar-refractivity contribution in [2.45, 2.75) is 107 Å². The zero-order chi connectivity index (χ0) is 52.1. The zero-order valence-electron chi connectivity index (χ0n) is 42.2. The SMILES string of the molecule is CC[C@H]1NC(=O)[C@@H](NC(=O)c2ncccc2O)[C@@H](C)OC(=O)[C@H](c2ccccc2)NC(=O)C2CC(=O)C(CS[C@@H]3CN4CCC3CC4)CN2C(=O)[C@H](Cc2ccc(N(C)C)cc2)N(C)C(=O)[C@@H]2CCCC2C1=O. The number of carbonyl (C=O) groups excluding carboxylic acids is 8. The first-order valence-corrected chi connectivity index (χ1v) is 26.6. The van der Waals surface area contributed by atoms with Gasteiger partial charge in [-0.15, -0.1) is 0 Å². The van der Waals surface area contributed by atoms with Gasteiger partial charge in [0.15, 0.2) is 17.5 Å². The van der Waals surface area contributed by atoms with Crippen LogP contribution in [-0.2, 0) is 44.7 Å². The van der Waals surface area contributed by atoms with Crippen LogP contribution in [0.1, 0.15) is 86.5 Å². The molecule has 4 N–H and O–H groups in total. The molecule has 1 aromatic heterocycles. The topological polar surface area (TPSA) is 228 Å². The van der Waals surface area contributed by atoms with E-state index in [1.54, 1.807) is 56.1 Å². The molecule has 5 aliphatic heterocycles. The Morgan fingerprint density at radius 2 is 1.59 bits per heavy atom. The smallest absolute Gasteiger partial charge is 0.333 e. The highest BCUT2D eigenvalue weighted by Gasteiger charge is 2.48. The largest absolute Gasteiger partial charge is 0.505 e. The number of ketones is 2. The highest BCUT2D eigenvalue weighted by atomic mass is 32.2. The molecule has 6 aliphatic rings. The number of fused-ring (bicyclic) bond motifs is 5. The van der Waals surface area contributed by atoms with Crippen molar-refractivity contribution in [2.24, 2.45) is 23.7 Å². The Kier molecular flexibility index (Phi) is 16.9. The molecule has 10 atom stereocenters. The second-order valence-corrected chi connectivity index (χ2v) is 21.7. The van der Waals surface area contributed by atoms with E-state index in [0.29, 0.717) is 36.2 Å². The molecule has 1 saturated carbocycles. The molecule has 5 amide bonds. The summed E-state index contributed by atoms with van der Waals surface area (Å²) in [5, 5.41) is 18.9. The fourth-order valence-electron chi connectivity index (χ4n) is 11.2. The molecular weight excluding hydrogens is 953 g/mol. The summed E-state index contributed by atoms with van der Waals surface area (Å²) in [5.41, 5.74) is 1.52. The summed E-state index contributed by atoms with van der Waals surface area (Å²) in [6.07, 6.45) is 2.98. The van der Waals surface area contributed by atoms with E-state index >= 15 is 14.4 Å². The van der Waals surface area contributed by atoms with Gasteiger partial charge in [-0.25, -0.2) is 9.78 Å². The maximum atomic E-state index is 15.7. The second-order valence-electron chi connectivity index (χ2n) is 20.4. The number of hydrogen-bond donors (Lipinski definition) is 4. The van der Waals surface area contributed by atoms with E-state index < -0.39 is 107 Å². The number of cyclic esters (lactones) is 1. The Labute approximate surface area is 430 Å². The number of aromatic nitrogens is 1. The molecule has 6 fully saturated rings. The summed E-state index contributed by atoms with van der Waals surface area (Å²) in [4.78, 5) is 129. The number of nitrogens with zero attached hydrogens (tertiary/aromatic N) is 5. The number of esters is 1. The van der Waals surface area contributed by atoms with Crippen molar-refractivity contribution in [3.05, 3.63) is 89.7 Å². The van der Waals surface area contributed by atoms with Crippen molar-refractivity contribution in [3.63, 3.8) is 0 Å². The lowest BCUT2D eigenvalue weighted by Crippen LogP contribution is -2.62. The Balaban J connectivity index is 1.19. The molecule has 2 bridgehead atoms. The summed E-state index contributed by atoms with van der Waals surface area (Å²) in [6.45, 7) is 6.00. The van der Waals surface area contributed by atoms with Gasteiger partial charge in [-0.2, -0.15) is 11.8 Å². The van der Waals surface area contributed by atoms with Gasteiger partial charge in [0.2, 0.25) is 23.6 Å². The van der Waals surface area contributed by atoms with Crippen LogP contribution >= 0.6 is 11.8 Å². The number of likely N-dealkylation sites (N-methyl/N-ethyl adjacent to an activating group) is 1. The van der Waals surface area contributed by atoms with Crippen molar-refractivity contribution in [1.82, 2.24) is 35.6 Å². The van der Waals surface area contributed by atoms with Gasteiger partial charge in [0, 0.05) is 87.7 Å². The molecule has 3 aromatic rings. The molecule has 0 radical (unpaired) electrons. The van der Waals surface area contributed by atoms with E-state index in [-0.39, 0.29) is 37.2 Å². The zero-order valence-corrected chi connectivity index (χ0v) is 43.1. The van der Waals surface area contributed by atoms with Crippen molar-refractivity contribution in [2.75, 3.05) is 58.0 Å². The quantitative estimate of drug-likeness (QED) is 0.214. The third-order valence-corrected chi connectivity index (χ3v) is 17.1. The van der Waals surface area contributed by atoms with Crippen LogP contribution < -0.4 is 20.9 Å². The first-order chi connectivity index (χ1) is 35.0. The van der Waals surface area contributed by atoms with Crippen LogP contribution in [0.15, 0.2) is 72.9 Å². The second kappa shape index (κ2) is 23.3. The van der Waals surface area contributed by atoms with Crippen molar-refractivity contribution >= 4 is 64.5 Å². The normalized spacial score (nSPS) is 30.5. The highest BCUT2D eigenvalue weighted by Crippen LogP contribution is 2.39. The number of rotatable bonds is 10. The lowest BCUT2D eigenvalue weighted by atomic mass is 9.85. The number of aromatic hydroxyl groups is 1. The number of carbonyl (C=O) groups is 8. The lowest BCUT2D eigenvalue weighted by Gasteiger charge is -2.45. The first kappa shape index (κ1) is 53.0. The van der Waals surface area contributed by atoms with E-state index in [4.69, 9.17) is 4.74 Å². The number of anilines is 1. The highest BCUT2D eigenvalue weighted by molar-refractivity contribution is 8.00. The van der Waals surface area contributed by atoms with Crippen molar-refractivity contribution in [1.29, 1.82) is 0 Å². The molecule has 390 valence electrons. The van der Waals surface area contributed by atoms with E-state index in [1.807, 2.05) is 43.3 Å². The Bertz CT molecular complexity index is 2540. The van der Waals surface area contributed by atoms with Crippen molar-refractivity contribution in [3.8, 4) is 5.75 Å². The molecule has 19 heteroatoms. The number of thioether (sulfide) groups is 1. The molecule has 9 rings (SSSR count). The molecule has 5 saturated heterocycles. The monoisotopic (exact) mass is 1020 g/mol. The van der Waals surface area contributed by atoms with E-state index in [2.05, 4.69) is 25.8 Å². The first-order valence-electron chi connectivity index (χ1n) is 25.6. The average molecular weight is 1020 g/mol. The number of amides is 5. The minimum atomic E-state index is -1.67. The molecule has 6 heterocycles. The molecule has 0 spiro atoms.